The normalized spacial score (nSPS) is 24.0. The van der Waals surface area contributed by atoms with E-state index in [4.69, 9.17) is 4.84 Å². The summed E-state index contributed by atoms with van der Waals surface area (Å²) >= 11 is 0. The van der Waals surface area contributed by atoms with Gasteiger partial charge in [-0.15, -0.1) is 0 Å². The van der Waals surface area contributed by atoms with E-state index in [0.29, 0.717) is 12.0 Å². The molecule has 5 nitrogen and oxygen atoms in total. The first-order valence-corrected chi connectivity index (χ1v) is 8.29. The van der Waals surface area contributed by atoms with Gasteiger partial charge in [0.15, 0.2) is 11.6 Å². The van der Waals surface area contributed by atoms with Gasteiger partial charge >= 0.3 is 0 Å². The first-order chi connectivity index (χ1) is 10.9. The number of benzene rings is 1. The van der Waals surface area contributed by atoms with Crippen molar-refractivity contribution in [2.24, 2.45) is 4.99 Å². The van der Waals surface area contributed by atoms with Crippen molar-refractivity contribution in [2.75, 3.05) is 7.05 Å². The first kappa shape index (κ1) is 16.0. The Labute approximate surface area is 137 Å². The predicted octanol–water partition coefficient (Wildman–Crippen LogP) is 2.82. The minimum Gasteiger partial charge on any atom is -0.353 e. The van der Waals surface area contributed by atoms with Crippen molar-refractivity contribution >= 4 is 11.7 Å². The number of hydrogen-bond donors (Lipinski definition) is 1. The van der Waals surface area contributed by atoms with E-state index in [1.165, 1.54) is 5.56 Å². The SMILES string of the molecule is CC(C)c1ccc(C2=NC(C)(CC(=O)NC3CC3)ON2C)cc1. The number of nitrogens with one attached hydrogen (secondary N) is 1. The smallest absolute Gasteiger partial charge is 0.225 e. The number of amidine groups is 1. The Kier molecular flexibility index (Phi) is 4.15. The van der Waals surface area contributed by atoms with E-state index in [0.717, 1.165) is 24.2 Å². The summed E-state index contributed by atoms with van der Waals surface area (Å²) in [6, 6.07) is 8.71. The molecular formula is C18H25N3O2. The summed E-state index contributed by atoms with van der Waals surface area (Å²) in [4.78, 5) is 22.6. The third-order valence-corrected chi connectivity index (χ3v) is 4.24. The van der Waals surface area contributed by atoms with Crippen molar-refractivity contribution in [3.05, 3.63) is 35.4 Å². The van der Waals surface area contributed by atoms with Crippen LogP contribution in [0.1, 0.15) is 57.1 Å². The van der Waals surface area contributed by atoms with Crippen LogP contribution in [0.3, 0.4) is 0 Å². The van der Waals surface area contributed by atoms with Crippen LogP contribution in [-0.2, 0) is 9.63 Å². The van der Waals surface area contributed by atoms with E-state index in [1.54, 1.807) is 5.06 Å². The van der Waals surface area contributed by atoms with Gasteiger partial charge in [-0.25, -0.2) is 14.9 Å². The van der Waals surface area contributed by atoms with E-state index in [9.17, 15) is 4.79 Å². The van der Waals surface area contributed by atoms with Crippen molar-refractivity contribution in [3.8, 4) is 0 Å². The summed E-state index contributed by atoms with van der Waals surface area (Å²) in [5.74, 6) is 1.27. The molecule has 5 heteroatoms. The number of hydroxylamine groups is 2. The highest BCUT2D eigenvalue weighted by Gasteiger charge is 2.38. The zero-order chi connectivity index (χ0) is 16.6. The lowest BCUT2D eigenvalue weighted by molar-refractivity contribution is -0.166. The van der Waals surface area contributed by atoms with Gasteiger partial charge in [0.1, 0.15) is 0 Å². The standard InChI is InChI=1S/C18H25N3O2/c1-12(2)13-5-7-14(8-6-13)17-20-18(3,23-21(17)4)11-16(22)19-15-9-10-15/h5-8,12,15H,9-11H2,1-4H3,(H,19,22). The molecule has 1 aliphatic heterocycles. The van der Waals surface area contributed by atoms with Crippen LogP contribution in [0.25, 0.3) is 0 Å². The van der Waals surface area contributed by atoms with Crippen LogP contribution < -0.4 is 5.32 Å². The van der Waals surface area contributed by atoms with E-state index in [1.807, 2.05) is 14.0 Å². The molecule has 1 N–H and O–H groups in total. The van der Waals surface area contributed by atoms with Crippen molar-refractivity contribution in [3.63, 3.8) is 0 Å². The number of carbonyl (C=O) groups excluding carboxylic acids is 1. The Hall–Kier alpha value is -1.88. The molecule has 0 spiro atoms. The highest BCUT2D eigenvalue weighted by molar-refractivity contribution is 5.99. The second-order valence-corrected chi connectivity index (χ2v) is 6.99. The molecule has 0 saturated heterocycles. The van der Waals surface area contributed by atoms with Crippen molar-refractivity contribution in [1.82, 2.24) is 10.4 Å². The number of nitrogens with zero attached hydrogens (tertiary/aromatic N) is 2. The maximum atomic E-state index is 12.0. The van der Waals surface area contributed by atoms with Crippen LogP contribution >= 0.6 is 0 Å². The number of carbonyl (C=O) groups is 1. The number of hydrogen-bond acceptors (Lipinski definition) is 4. The number of aliphatic imine (C=N–C) groups is 1. The van der Waals surface area contributed by atoms with E-state index >= 15 is 0 Å². The molecule has 0 radical (unpaired) electrons. The number of amides is 1. The second kappa shape index (κ2) is 5.96. The predicted molar refractivity (Wildman–Crippen MR) is 90.1 cm³/mol. The Bertz CT molecular complexity index is 620. The van der Waals surface area contributed by atoms with Crippen LogP contribution in [0, 0.1) is 0 Å². The molecule has 1 aromatic carbocycles. The summed E-state index contributed by atoms with van der Waals surface area (Å²) < 4.78 is 0. The molecule has 0 aromatic heterocycles. The molecule has 1 aromatic rings. The quantitative estimate of drug-likeness (QED) is 0.909. The topological polar surface area (TPSA) is 53.9 Å². The molecule has 1 amide bonds. The Morgan fingerprint density at radius 1 is 1.39 bits per heavy atom. The average molecular weight is 315 g/mol. The van der Waals surface area contributed by atoms with Gasteiger partial charge in [-0.1, -0.05) is 38.1 Å². The fraction of sp³-hybridized carbons (Fsp3) is 0.556. The van der Waals surface area contributed by atoms with Gasteiger partial charge in [-0.05, 0) is 31.2 Å². The minimum absolute atomic E-state index is 0.00329. The average Bonchev–Trinajstić information content (AvgIpc) is 3.23. The lowest BCUT2D eigenvalue weighted by Crippen LogP contribution is -2.36. The van der Waals surface area contributed by atoms with Gasteiger partial charge < -0.3 is 5.32 Å². The van der Waals surface area contributed by atoms with Crippen molar-refractivity contribution in [2.45, 2.75) is 57.7 Å². The molecule has 3 rings (SSSR count). The molecule has 124 valence electrons. The zero-order valence-electron chi connectivity index (χ0n) is 14.3. The molecule has 1 heterocycles. The summed E-state index contributed by atoms with van der Waals surface area (Å²) in [7, 11) is 1.83. The van der Waals surface area contributed by atoms with E-state index in [2.05, 4.69) is 48.4 Å². The van der Waals surface area contributed by atoms with Crippen LogP contribution in [0.4, 0.5) is 0 Å². The maximum absolute atomic E-state index is 12.0. The number of rotatable bonds is 5. The minimum atomic E-state index is -0.834. The Balaban J connectivity index is 1.74. The summed E-state index contributed by atoms with van der Waals surface area (Å²) in [6.45, 7) is 6.20. The third kappa shape index (κ3) is 3.72. The molecule has 1 unspecified atom stereocenters. The second-order valence-electron chi connectivity index (χ2n) is 6.99. The maximum Gasteiger partial charge on any atom is 0.225 e. The van der Waals surface area contributed by atoms with Crippen LogP contribution in [0.15, 0.2) is 29.3 Å². The van der Waals surface area contributed by atoms with Gasteiger partial charge in [-0.3, -0.25) is 4.79 Å². The Morgan fingerprint density at radius 3 is 2.61 bits per heavy atom. The molecule has 1 fully saturated rings. The molecule has 0 bridgehead atoms. The molecule has 2 aliphatic rings. The summed E-state index contributed by atoms with van der Waals surface area (Å²) in [5.41, 5.74) is 1.46. The van der Waals surface area contributed by atoms with Crippen molar-refractivity contribution < 1.29 is 9.63 Å². The van der Waals surface area contributed by atoms with Crippen LogP contribution in [0.5, 0.6) is 0 Å². The highest BCUT2D eigenvalue weighted by atomic mass is 16.7. The molecular weight excluding hydrogens is 290 g/mol. The third-order valence-electron chi connectivity index (χ3n) is 4.24. The Morgan fingerprint density at radius 2 is 2.04 bits per heavy atom. The van der Waals surface area contributed by atoms with Gasteiger partial charge in [0.25, 0.3) is 0 Å². The van der Waals surface area contributed by atoms with E-state index < -0.39 is 5.72 Å². The fourth-order valence-electron chi connectivity index (χ4n) is 2.79. The lowest BCUT2D eigenvalue weighted by Gasteiger charge is -2.21. The van der Waals surface area contributed by atoms with Gasteiger partial charge in [0.2, 0.25) is 5.91 Å². The highest BCUT2D eigenvalue weighted by Crippen LogP contribution is 2.29. The first-order valence-electron chi connectivity index (χ1n) is 8.29. The molecule has 1 atom stereocenters. The van der Waals surface area contributed by atoms with Crippen LogP contribution in [-0.4, -0.2) is 35.6 Å². The van der Waals surface area contributed by atoms with Gasteiger partial charge in [0.05, 0.1) is 6.42 Å². The van der Waals surface area contributed by atoms with Gasteiger partial charge in [0, 0.05) is 18.7 Å². The van der Waals surface area contributed by atoms with Gasteiger partial charge in [-0.2, -0.15) is 0 Å². The molecule has 1 saturated carbocycles. The summed E-state index contributed by atoms with van der Waals surface area (Å²) in [6.07, 6.45) is 2.40. The molecule has 23 heavy (non-hydrogen) atoms. The zero-order valence-corrected chi connectivity index (χ0v) is 14.3. The molecule has 1 aliphatic carbocycles. The van der Waals surface area contributed by atoms with Crippen LogP contribution in [0.2, 0.25) is 0 Å². The summed E-state index contributed by atoms with van der Waals surface area (Å²) in [5, 5.41) is 4.65. The van der Waals surface area contributed by atoms with E-state index in [-0.39, 0.29) is 12.3 Å². The monoisotopic (exact) mass is 315 g/mol. The van der Waals surface area contributed by atoms with Crippen molar-refractivity contribution in [1.29, 1.82) is 0 Å². The fourth-order valence-corrected chi connectivity index (χ4v) is 2.79. The largest absolute Gasteiger partial charge is 0.353 e. The lowest BCUT2D eigenvalue weighted by atomic mass is 10.0.